The SMILES string of the molecule is ClC(CC1CCCCN1)c1ccccc1. The first-order chi connectivity index (χ1) is 7.36. The third-order valence-corrected chi connectivity index (χ3v) is 3.50. The van der Waals surface area contributed by atoms with Crippen molar-refractivity contribution in [3.8, 4) is 0 Å². The molecule has 1 saturated heterocycles. The van der Waals surface area contributed by atoms with Crippen LogP contribution < -0.4 is 5.32 Å². The van der Waals surface area contributed by atoms with Gasteiger partial charge in [0, 0.05) is 6.04 Å². The lowest BCUT2D eigenvalue weighted by Gasteiger charge is -2.25. The number of benzene rings is 1. The van der Waals surface area contributed by atoms with Gasteiger partial charge in [-0.1, -0.05) is 36.8 Å². The fourth-order valence-electron chi connectivity index (χ4n) is 2.17. The Kier molecular flexibility index (Phi) is 4.04. The van der Waals surface area contributed by atoms with Gasteiger partial charge in [-0.2, -0.15) is 0 Å². The van der Waals surface area contributed by atoms with Crippen LogP contribution in [0.3, 0.4) is 0 Å². The van der Waals surface area contributed by atoms with Crippen LogP contribution in [-0.2, 0) is 0 Å². The molecule has 1 aromatic carbocycles. The second kappa shape index (κ2) is 5.53. The Hall–Kier alpha value is -0.530. The molecule has 82 valence electrons. The van der Waals surface area contributed by atoms with Crippen molar-refractivity contribution in [3.05, 3.63) is 35.9 Å². The lowest BCUT2D eigenvalue weighted by Crippen LogP contribution is -2.34. The molecule has 1 N–H and O–H groups in total. The first-order valence-electron chi connectivity index (χ1n) is 5.78. The third-order valence-electron chi connectivity index (χ3n) is 3.07. The summed E-state index contributed by atoms with van der Waals surface area (Å²) in [7, 11) is 0. The van der Waals surface area contributed by atoms with E-state index in [1.807, 2.05) is 6.07 Å². The number of piperidine rings is 1. The van der Waals surface area contributed by atoms with Crippen LogP contribution in [0.1, 0.15) is 36.6 Å². The highest BCUT2D eigenvalue weighted by Crippen LogP contribution is 2.27. The molecule has 0 bridgehead atoms. The van der Waals surface area contributed by atoms with Crippen molar-refractivity contribution in [1.29, 1.82) is 0 Å². The monoisotopic (exact) mass is 223 g/mol. The van der Waals surface area contributed by atoms with Gasteiger partial charge in [0.25, 0.3) is 0 Å². The summed E-state index contributed by atoms with van der Waals surface area (Å²) in [6.45, 7) is 1.16. The highest BCUT2D eigenvalue weighted by Gasteiger charge is 2.17. The van der Waals surface area contributed by atoms with Gasteiger partial charge in [0.05, 0.1) is 5.38 Å². The van der Waals surface area contributed by atoms with Crippen LogP contribution in [0.2, 0.25) is 0 Å². The zero-order valence-electron chi connectivity index (χ0n) is 8.95. The first-order valence-corrected chi connectivity index (χ1v) is 6.22. The Morgan fingerprint density at radius 1 is 1.27 bits per heavy atom. The van der Waals surface area contributed by atoms with Crippen molar-refractivity contribution >= 4 is 11.6 Å². The molecule has 1 heterocycles. The largest absolute Gasteiger partial charge is 0.314 e. The van der Waals surface area contributed by atoms with Crippen molar-refractivity contribution in [3.63, 3.8) is 0 Å². The van der Waals surface area contributed by atoms with Gasteiger partial charge >= 0.3 is 0 Å². The van der Waals surface area contributed by atoms with Gasteiger partial charge in [0.15, 0.2) is 0 Å². The molecule has 0 radical (unpaired) electrons. The highest BCUT2D eigenvalue weighted by molar-refractivity contribution is 6.20. The van der Waals surface area contributed by atoms with E-state index in [0.717, 1.165) is 13.0 Å². The molecule has 0 saturated carbocycles. The van der Waals surface area contributed by atoms with Gasteiger partial charge in [0.2, 0.25) is 0 Å². The number of nitrogens with one attached hydrogen (secondary N) is 1. The predicted molar refractivity (Wildman–Crippen MR) is 65.3 cm³/mol. The summed E-state index contributed by atoms with van der Waals surface area (Å²) in [6, 6.07) is 11.0. The Labute approximate surface area is 96.8 Å². The molecule has 0 aliphatic carbocycles. The summed E-state index contributed by atoms with van der Waals surface area (Å²) in [5.74, 6) is 0. The minimum Gasteiger partial charge on any atom is -0.314 e. The van der Waals surface area contributed by atoms with Crippen LogP contribution >= 0.6 is 11.6 Å². The number of hydrogen-bond acceptors (Lipinski definition) is 1. The van der Waals surface area contributed by atoms with E-state index in [4.69, 9.17) is 11.6 Å². The van der Waals surface area contributed by atoms with E-state index in [1.54, 1.807) is 0 Å². The van der Waals surface area contributed by atoms with E-state index in [2.05, 4.69) is 29.6 Å². The standard InChI is InChI=1S/C13H18ClN/c14-13(11-6-2-1-3-7-11)10-12-8-4-5-9-15-12/h1-3,6-7,12-13,15H,4-5,8-10H2. The molecule has 2 unspecified atom stereocenters. The van der Waals surface area contributed by atoms with Gasteiger partial charge in [-0.25, -0.2) is 0 Å². The minimum absolute atomic E-state index is 0.154. The van der Waals surface area contributed by atoms with Gasteiger partial charge in [-0.3, -0.25) is 0 Å². The molecule has 1 aliphatic rings. The van der Waals surface area contributed by atoms with E-state index in [-0.39, 0.29) is 5.38 Å². The number of hydrogen-bond donors (Lipinski definition) is 1. The number of halogens is 1. The summed E-state index contributed by atoms with van der Waals surface area (Å²) in [5.41, 5.74) is 1.24. The van der Waals surface area contributed by atoms with Gasteiger partial charge < -0.3 is 5.32 Å². The molecule has 0 amide bonds. The maximum absolute atomic E-state index is 6.40. The van der Waals surface area contributed by atoms with Crippen LogP contribution in [0.25, 0.3) is 0 Å². The third kappa shape index (κ3) is 3.22. The van der Waals surface area contributed by atoms with Crippen molar-refractivity contribution in [1.82, 2.24) is 5.32 Å². The maximum Gasteiger partial charge on any atom is 0.0600 e. The lowest BCUT2D eigenvalue weighted by molar-refractivity contribution is 0.380. The average molecular weight is 224 g/mol. The number of alkyl halides is 1. The van der Waals surface area contributed by atoms with Gasteiger partial charge in [0.1, 0.15) is 0 Å². The molecule has 15 heavy (non-hydrogen) atoms. The normalized spacial score (nSPS) is 23.7. The summed E-state index contributed by atoms with van der Waals surface area (Å²) < 4.78 is 0. The smallest absolute Gasteiger partial charge is 0.0600 e. The zero-order valence-corrected chi connectivity index (χ0v) is 9.71. The molecule has 1 fully saturated rings. The van der Waals surface area contributed by atoms with Crippen LogP contribution in [-0.4, -0.2) is 12.6 Å². The quantitative estimate of drug-likeness (QED) is 0.774. The molecule has 0 aromatic heterocycles. The minimum atomic E-state index is 0.154. The molecule has 2 heteroatoms. The Balaban J connectivity index is 1.88. The molecule has 0 spiro atoms. The Morgan fingerprint density at radius 2 is 2.07 bits per heavy atom. The second-order valence-electron chi connectivity index (χ2n) is 4.26. The fraction of sp³-hybridized carbons (Fsp3) is 0.538. The molecule has 1 nitrogen and oxygen atoms in total. The predicted octanol–water partition coefficient (Wildman–Crippen LogP) is 3.50. The summed E-state index contributed by atoms with van der Waals surface area (Å²) in [4.78, 5) is 0. The van der Waals surface area contributed by atoms with Crippen molar-refractivity contribution in [2.75, 3.05) is 6.54 Å². The molecular formula is C13H18ClN. The summed E-state index contributed by atoms with van der Waals surface area (Å²) >= 11 is 6.40. The van der Waals surface area contributed by atoms with Crippen molar-refractivity contribution < 1.29 is 0 Å². The van der Waals surface area contributed by atoms with E-state index in [0.29, 0.717) is 6.04 Å². The molecular weight excluding hydrogens is 206 g/mol. The van der Waals surface area contributed by atoms with Gasteiger partial charge in [-0.15, -0.1) is 11.6 Å². The van der Waals surface area contributed by atoms with Crippen molar-refractivity contribution in [2.45, 2.75) is 37.1 Å². The second-order valence-corrected chi connectivity index (χ2v) is 4.79. The van der Waals surface area contributed by atoms with E-state index < -0.39 is 0 Å². The topological polar surface area (TPSA) is 12.0 Å². The van der Waals surface area contributed by atoms with E-state index >= 15 is 0 Å². The lowest BCUT2D eigenvalue weighted by atomic mass is 9.98. The van der Waals surface area contributed by atoms with Crippen LogP contribution in [0.15, 0.2) is 30.3 Å². The van der Waals surface area contributed by atoms with Crippen LogP contribution in [0.5, 0.6) is 0 Å². The first kappa shape index (κ1) is 11.0. The molecule has 2 atom stereocenters. The average Bonchev–Trinajstić information content (AvgIpc) is 2.31. The molecule has 2 rings (SSSR count). The Morgan fingerprint density at radius 3 is 2.73 bits per heavy atom. The van der Waals surface area contributed by atoms with Gasteiger partial charge in [-0.05, 0) is 31.4 Å². The molecule has 1 aliphatic heterocycles. The van der Waals surface area contributed by atoms with Crippen LogP contribution in [0.4, 0.5) is 0 Å². The summed E-state index contributed by atoms with van der Waals surface area (Å²) in [5, 5.41) is 3.69. The van der Waals surface area contributed by atoms with Crippen molar-refractivity contribution in [2.24, 2.45) is 0 Å². The number of rotatable bonds is 3. The highest BCUT2D eigenvalue weighted by atomic mass is 35.5. The molecule has 1 aromatic rings. The Bertz CT molecular complexity index is 280. The summed E-state index contributed by atoms with van der Waals surface area (Å²) in [6.07, 6.45) is 4.98. The maximum atomic E-state index is 6.40. The van der Waals surface area contributed by atoms with E-state index in [1.165, 1.54) is 24.8 Å². The zero-order chi connectivity index (χ0) is 10.5. The van der Waals surface area contributed by atoms with Crippen LogP contribution in [0, 0.1) is 0 Å². The fourth-order valence-corrected chi connectivity index (χ4v) is 2.53. The van der Waals surface area contributed by atoms with E-state index in [9.17, 15) is 0 Å².